The van der Waals surface area contributed by atoms with E-state index in [1.165, 1.54) is 19.2 Å². The number of carboxylic acids is 1. The Hall–Kier alpha value is -2.58. The van der Waals surface area contributed by atoms with Crippen molar-refractivity contribution in [2.45, 2.75) is 13.0 Å². The van der Waals surface area contributed by atoms with E-state index in [0.717, 1.165) is 4.57 Å². The highest BCUT2D eigenvalue weighted by Crippen LogP contribution is 2.25. The molecular formula is C15H11ClN2O3. The van der Waals surface area contributed by atoms with Crippen LogP contribution in [0.5, 0.6) is 0 Å². The van der Waals surface area contributed by atoms with E-state index in [2.05, 4.69) is 0 Å². The number of hydrogen-bond acceptors (Lipinski definition) is 3. The quantitative estimate of drug-likeness (QED) is 0.945. The Kier molecular flexibility index (Phi) is 4.10. The summed E-state index contributed by atoms with van der Waals surface area (Å²) in [4.78, 5) is 23.0. The molecule has 0 aliphatic carbocycles. The average Bonchev–Trinajstić information content (AvgIpc) is 2.46. The highest BCUT2D eigenvalue weighted by molar-refractivity contribution is 6.30. The molecular weight excluding hydrogens is 292 g/mol. The third kappa shape index (κ3) is 2.96. The van der Waals surface area contributed by atoms with Crippen molar-refractivity contribution in [1.82, 2.24) is 4.57 Å². The largest absolute Gasteiger partial charge is 0.480 e. The van der Waals surface area contributed by atoms with Crippen LogP contribution in [0.15, 0.2) is 41.3 Å². The Morgan fingerprint density at radius 1 is 1.38 bits per heavy atom. The number of carboxylic acid groups (broad SMARTS) is 1. The minimum absolute atomic E-state index is 0.392. The fourth-order valence-corrected chi connectivity index (χ4v) is 2.12. The smallest absolute Gasteiger partial charge is 0.326 e. The Labute approximate surface area is 125 Å². The van der Waals surface area contributed by atoms with Crippen molar-refractivity contribution in [1.29, 1.82) is 5.26 Å². The van der Waals surface area contributed by atoms with E-state index in [1.807, 2.05) is 6.07 Å². The van der Waals surface area contributed by atoms with E-state index in [4.69, 9.17) is 22.0 Å². The Balaban J connectivity index is 2.56. The van der Waals surface area contributed by atoms with Crippen LogP contribution in [0.1, 0.15) is 18.5 Å². The molecule has 0 aliphatic heterocycles. The average molecular weight is 303 g/mol. The SMILES string of the molecule is C[C@@H](C(=O)O)n1ccc(-c2cc(Cl)ccc2C#N)cc1=O. The van der Waals surface area contributed by atoms with Crippen LogP contribution in [-0.4, -0.2) is 15.6 Å². The molecule has 1 N–H and O–H groups in total. The van der Waals surface area contributed by atoms with Crippen LogP contribution in [0.4, 0.5) is 0 Å². The maximum Gasteiger partial charge on any atom is 0.326 e. The molecule has 0 radical (unpaired) electrons. The summed E-state index contributed by atoms with van der Waals surface area (Å²) in [6.07, 6.45) is 1.40. The molecule has 21 heavy (non-hydrogen) atoms. The molecule has 0 fully saturated rings. The van der Waals surface area contributed by atoms with Crippen LogP contribution >= 0.6 is 11.6 Å². The predicted molar refractivity (Wildman–Crippen MR) is 78.2 cm³/mol. The summed E-state index contributed by atoms with van der Waals surface area (Å²) >= 11 is 5.92. The van der Waals surface area contributed by atoms with Gasteiger partial charge in [-0.05, 0) is 36.8 Å². The number of carbonyl (C=O) groups is 1. The molecule has 0 aliphatic rings. The first kappa shape index (κ1) is 14.8. The second-order valence-electron chi connectivity index (χ2n) is 4.48. The Morgan fingerprint density at radius 2 is 2.10 bits per heavy atom. The monoisotopic (exact) mass is 302 g/mol. The first-order chi connectivity index (χ1) is 9.93. The third-order valence-electron chi connectivity index (χ3n) is 3.14. The van der Waals surface area contributed by atoms with Gasteiger partial charge in [-0.25, -0.2) is 4.79 Å². The van der Waals surface area contributed by atoms with Gasteiger partial charge in [-0.1, -0.05) is 11.6 Å². The van der Waals surface area contributed by atoms with E-state index in [9.17, 15) is 9.59 Å². The van der Waals surface area contributed by atoms with Crippen LogP contribution in [-0.2, 0) is 4.79 Å². The molecule has 0 spiro atoms. The summed E-state index contributed by atoms with van der Waals surface area (Å²) in [5.41, 5.74) is 0.999. The van der Waals surface area contributed by atoms with Crippen molar-refractivity contribution < 1.29 is 9.90 Å². The van der Waals surface area contributed by atoms with Crippen LogP contribution < -0.4 is 5.56 Å². The first-order valence-electron chi connectivity index (χ1n) is 6.09. The number of nitriles is 1. The van der Waals surface area contributed by atoms with E-state index in [-0.39, 0.29) is 0 Å². The van der Waals surface area contributed by atoms with Crippen molar-refractivity contribution in [2.75, 3.05) is 0 Å². The zero-order chi connectivity index (χ0) is 15.6. The van der Waals surface area contributed by atoms with Crippen LogP contribution in [0.3, 0.4) is 0 Å². The van der Waals surface area contributed by atoms with E-state index < -0.39 is 17.6 Å². The van der Waals surface area contributed by atoms with Gasteiger partial charge in [-0.15, -0.1) is 0 Å². The number of hydrogen-bond donors (Lipinski definition) is 1. The molecule has 0 unspecified atom stereocenters. The fourth-order valence-electron chi connectivity index (χ4n) is 1.95. The minimum atomic E-state index is -1.09. The molecule has 1 aromatic carbocycles. The van der Waals surface area contributed by atoms with Crippen molar-refractivity contribution in [2.24, 2.45) is 0 Å². The summed E-state index contributed by atoms with van der Waals surface area (Å²) in [5.74, 6) is -1.09. The van der Waals surface area contributed by atoms with Gasteiger partial charge < -0.3 is 9.67 Å². The molecule has 1 aromatic heterocycles. The molecule has 0 saturated carbocycles. The van der Waals surface area contributed by atoms with E-state index in [1.54, 1.807) is 24.3 Å². The zero-order valence-electron chi connectivity index (χ0n) is 11.1. The van der Waals surface area contributed by atoms with E-state index >= 15 is 0 Å². The summed E-state index contributed by atoms with van der Waals surface area (Å²) in [6, 6.07) is 8.73. The lowest BCUT2D eigenvalue weighted by atomic mass is 10.0. The number of benzene rings is 1. The maximum atomic E-state index is 12.0. The minimum Gasteiger partial charge on any atom is -0.480 e. The van der Waals surface area contributed by atoms with Gasteiger partial charge in [-0.3, -0.25) is 4.79 Å². The van der Waals surface area contributed by atoms with Gasteiger partial charge in [0.1, 0.15) is 6.04 Å². The highest BCUT2D eigenvalue weighted by atomic mass is 35.5. The molecule has 2 rings (SSSR count). The maximum absolute atomic E-state index is 12.0. The Bertz CT molecular complexity index is 805. The van der Waals surface area contributed by atoms with Gasteiger partial charge in [0.15, 0.2) is 0 Å². The molecule has 6 heteroatoms. The lowest BCUT2D eigenvalue weighted by molar-refractivity contribution is -0.140. The van der Waals surface area contributed by atoms with Crippen LogP contribution in [0.2, 0.25) is 5.02 Å². The highest BCUT2D eigenvalue weighted by Gasteiger charge is 2.15. The molecule has 0 bridgehead atoms. The van der Waals surface area contributed by atoms with Crippen LogP contribution in [0.25, 0.3) is 11.1 Å². The third-order valence-corrected chi connectivity index (χ3v) is 3.37. The summed E-state index contributed by atoms with van der Waals surface area (Å²) in [7, 11) is 0. The van der Waals surface area contributed by atoms with Gasteiger partial charge >= 0.3 is 5.97 Å². The topological polar surface area (TPSA) is 83.1 Å². The lowest BCUT2D eigenvalue weighted by Gasteiger charge is -2.11. The van der Waals surface area contributed by atoms with Crippen molar-refractivity contribution >= 4 is 17.6 Å². The van der Waals surface area contributed by atoms with Crippen molar-refractivity contribution in [3.8, 4) is 17.2 Å². The van der Waals surface area contributed by atoms with Crippen molar-refractivity contribution in [3.63, 3.8) is 0 Å². The second kappa shape index (κ2) is 5.81. The second-order valence-corrected chi connectivity index (χ2v) is 4.91. The van der Waals surface area contributed by atoms with Gasteiger partial charge in [0, 0.05) is 22.8 Å². The number of nitrogens with zero attached hydrogens (tertiary/aromatic N) is 2. The van der Waals surface area contributed by atoms with Gasteiger partial charge in [-0.2, -0.15) is 5.26 Å². The molecule has 1 heterocycles. The van der Waals surface area contributed by atoms with Gasteiger partial charge in [0.25, 0.3) is 5.56 Å². The number of aromatic nitrogens is 1. The predicted octanol–water partition coefficient (Wildman–Crippen LogP) is 2.69. The zero-order valence-corrected chi connectivity index (χ0v) is 11.8. The molecule has 2 aromatic rings. The number of rotatable bonds is 3. The number of aliphatic carboxylic acids is 1. The Morgan fingerprint density at radius 3 is 2.67 bits per heavy atom. The normalized spacial score (nSPS) is 11.7. The number of pyridine rings is 1. The lowest BCUT2D eigenvalue weighted by Crippen LogP contribution is -2.26. The molecule has 5 nitrogen and oxygen atoms in total. The van der Waals surface area contributed by atoms with Gasteiger partial charge in [0.05, 0.1) is 11.6 Å². The molecule has 0 amide bonds. The standard InChI is InChI=1S/C15H11ClN2O3/c1-9(15(20)21)18-5-4-10(6-14(18)19)13-7-12(16)3-2-11(13)8-17/h2-7,9H,1H3,(H,20,21)/t9-/m0/s1. The first-order valence-corrected chi connectivity index (χ1v) is 6.47. The summed E-state index contributed by atoms with van der Waals surface area (Å²) in [5, 5.41) is 18.5. The molecule has 1 atom stereocenters. The summed E-state index contributed by atoms with van der Waals surface area (Å²) in [6.45, 7) is 1.42. The van der Waals surface area contributed by atoms with Crippen LogP contribution in [0, 0.1) is 11.3 Å². The summed E-state index contributed by atoms with van der Waals surface area (Å²) < 4.78 is 1.11. The van der Waals surface area contributed by atoms with Gasteiger partial charge in [0.2, 0.25) is 0 Å². The van der Waals surface area contributed by atoms with Crippen molar-refractivity contribution in [3.05, 3.63) is 57.5 Å². The molecule has 0 saturated heterocycles. The molecule has 106 valence electrons. The number of halogens is 1. The van der Waals surface area contributed by atoms with E-state index in [0.29, 0.717) is 21.7 Å². The fraction of sp³-hybridized carbons (Fsp3) is 0.133.